The Balaban J connectivity index is 1.98. The fourth-order valence-corrected chi connectivity index (χ4v) is 2.59. The Hall–Kier alpha value is -1.75. The van der Waals surface area contributed by atoms with Gasteiger partial charge in [-0.3, -0.25) is 0 Å². The molecule has 0 spiro atoms. The summed E-state index contributed by atoms with van der Waals surface area (Å²) in [7, 11) is 0. The van der Waals surface area contributed by atoms with Crippen molar-refractivity contribution in [2.24, 2.45) is 5.73 Å². The van der Waals surface area contributed by atoms with Gasteiger partial charge in [-0.1, -0.05) is 13.3 Å². The smallest absolute Gasteiger partial charge is 0.163 e. The van der Waals surface area contributed by atoms with E-state index in [2.05, 4.69) is 16.9 Å². The number of hydrogen-bond donors (Lipinski definition) is 2. The van der Waals surface area contributed by atoms with Gasteiger partial charge in [0.25, 0.3) is 0 Å². The number of nitrogens with two attached hydrogens (primary N) is 1. The minimum atomic E-state index is 0.286. The zero-order valence-corrected chi connectivity index (χ0v) is 11.8. The van der Waals surface area contributed by atoms with Crippen molar-refractivity contribution in [3.05, 3.63) is 18.0 Å². The predicted octanol–water partition coefficient (Wildman–Crippen LogP) is 2.57. The zero-order valence-electron chi connectivity index (χ0n) is 11.8. The number of imidazole rings is 1. The second-order valence-corrected chi connectivity index (χ2v) is 5.21. The molecule has 3 N–H and O–H groups in total. The van der Waals surface area contributed by atoms with Crippen LogP contribution in [0.4, 0.5) is 0 Å². The van der Waals surface area contributed by atoms with Crippen LogP contribution in [0.3, 0.4) is 0 Å². The van der Waals surface area contributed by atoms with Crippen LogP contribution in [0.5, 0.6) is 11.5 Å². The molecule has 5 nitrogen and oxygen atoms in total. The minimum absolute atomic E-state index is 0.286. The maximum Gasteiger partial charge on any atom is 0.163 e. The lowest BCUT2D eigenvalue weighted by Gasteiger charge is -2.09. The quantitative estimate of drug-likeness (QED) is 0.899. The van der Waals surface area contributed by atoms with Crippen molar-refractivity contribution >= 4 is 11.0 Å². The average Bonchev–Trinajstić information content (AvgIpc) is 2.72. The summed E-state index contributed by atoms with van der Waals surface area (Å²) < 4.78 is 11.4. The Morgan fingerprint density at radius 1 is 1.30 bits per heavy atom. The molecular weight excluding hydrogens is 254 g/mol. The molecule has 1 aromatic carbocycles. The van der Waals surface area contributed by atoms with Gasteiger partial charge in [0.05, 0.1) is 24.2 Å². The Morgan fingerprint density at radius 2 is 2.05 bits per heavy atom. The molecule has 1 atom stereocenters. The molecule has 0 saturated heterocycles. The van der Waals surface area contributed by atoms with E-state index in [0.29, 0.717) is 19.8 Å². The van der Waals surface area contributed by atoms with Gasteiger partial charge in [0, 0.05) is 31.0 Å². The first-order valence-corrected chi connectivity index (χ1v) is 7.31. The Bertz CT molecular complexity index is 551. The Labute approximate surface area is 118 Å². The van der Waals surface area contributed by atoms with E-state index < -0.39 is 0 Å². The van der Waals surface area contributed by atoms with E-state index in [1.807, 2.05) is 12.1 Å². The van der Waals surface area contributed by atoms with E-state index in [9.17, 15) is 0 Å². The van der Waals surface area contributed by atoms with Crippen molar-refractivity contribution in [3.8, 4) is 11.5 Å². The standard InChI is InChI=1S/C15H21N3O2/c1-2-4-10(9-16)15-17-11-7-13-14(8-12(11)18-15)20-6-3-5-19-13/h7-8,10H,2-6,9,16H2,1H3,(H,17,18). The third-order valence-corrected chi connectivity index (χ3v) is 3.68. The highest BCUT2D eigenvalue weighted by Crippen LogP contribution is 2.34. The molecule has 0 fully saturated rings. The monoisotopic (exact) mass is 275 g/mol. The second-order valence-electron chi connectivity index (χ2n) is 5.21. The van der Waals surface area contributed by atoms with Crippen molar-refractivity contribution in [2.75, 3.05) is 19.8 Å². The highest BCUT2D eigenvalue weighted by atomic mass is 16.5. The van der Waals surface area contributed by atoms with E-state index in [4.69, 9.17) is 15.2 Å². The molecule has 1 aliphatic heterocycles. The number of benzene rings is 1. The lowest BCUT2D eigenvalue weighted by molar-refractivity contribution is 0.297. The maximum absolute atomic E-state index is 5.85. The molecule has 1 aromatic heterocycles. The second kappa shape index (κ2) is 5.71. The van der Waals surface area contributed by atoms with Crippen LogP contribution < -0.4 is 15.2 Å². The van der Waals surface area contributed by atoms with Gasteiger partial charge < -0.3 is 20.2 Å². The lowest BCUT2D eigenvalue weighted by Crippen LogP contribution is -2.13. The van der Waals surface area contributed by atoms with Crippen LogP contribution in [-0.2, 0) is 0 Å². The molecule has 108 valence electrons. The summed E-state index contributed by atoms with van der Waals surface area (Å²) in [5, 5.41) is 0. The van der Waals surface area contributed by atoms with Crippen LogP contribution in [-0.4, -0.2) is 29.7 Å². The number of aromatic amines is 1. The predicted molar refractivity (Wildman–Crippen MR) is 78.4 cm³/mol. The summed E-state index contributed by atoms with van der Waals surface area (Å²) in [6.07, 6.45) is 3.05. The SMILES string of the molecule is CCCC(CN)c1nc2cc3c(cc2[nH]1)OCCCO3. The van der Waals surface area contributed by atoms with Crippen LogP contribution in [0, 0.1) is 0 Å². The van der Waals surface area contributed by atoms with Gasteiger partial charge in [0.2, 0.25) is 0 Å². The minimum Gasteiger partial charge on any atom is -0.489 e. The van der Waals surface area contributed by atoms with Gasteiger partial charge in [-0.25, -0.2) is 4.98 Å². The van der Waals surface area contributed by atoms with E-state index in [1.165, 1.54) is 0 Å². The third-order valence-electron chi connectivity index (χ3n) is 3.68. The molecule has 0 aliphatic carbocycles. The molecule has 1 unspecified atom stereocenters. The number of H-pyrrole nitrogens is 1. The summed E-state index contributed by atoms with van der Waals surface area (Å²) in [6, 6.07) is 3.93. The lowest BCUT2D eigenvalue weighted by atomic mass is 10.0. The number of ether oxygens (including phenoxy) is 2. The largest absolute Gasteiger partial charge is 0.489 e. The van der Waals surface area contributed by atoms with Crippen LogP contribution in [0.15, 0.2) is 12.1 Å². The molecule has 20 heavy (non-hydrogen) atoms. The summed E-state index contributed by atoms with van der Waals surface area (Å²) in [4.78, 5) is 8.05. The van der Waals surface area contributed by atoms with E-state index >= 15 is 0 Å². The molecule has 0 bridgehead atoms. The van der Waals surface area contributed by atoms with Crippen molar-refractivity contribution in [1.82, 2.24) is 9.97 Å². The average molecular weight is 275 g/mol. The molecule has 1 aliphatic rings. The van der Waals surface area contributed by atoms with E-state index in [0.717, 1.165) is 47.6 Å². The molecule has 5 heteroatoms. The zero-order chi connectivity index (χ0) is 13.9. The molecule has 2 aromatic rings. The van der Waals surface area contributed by atoms with Crippen LogP contribution >= 0.6 is 0 Å². The first kappa shape index (κ1) is 13.2. The van der Waals surface area contributed by atoms with Gasteiger partial charge in [-0.15, -0.1) is 0 Å². The van der Waals surface area contributed by atoms with Gasteiger partial charge in [-0.05, 0) is 6.42 Å². The number of nitrogens with zero attached hydrogens (tertiary/aromatic N) is 1. The molecular formula is C15H21N3O2. The Morgan fingerprint density at radius 3 is 2.75 bits per heavy atom. The van der Waals surface area contributed by atoms with Crippen molar-refractivity contribution < 1.29 is 9.47 Å². The van der Waals surface area contributed by atoms with Gasteiger partial charge in [0.1, 0.15) is 5.82 Å². The van der Waals surface area contributed by atoms with Crippen molar-refractivity contribution in [1.29, 1.82) is 0 Å². The third kappa shape index (κ3) is 2.45. The number of aromatic nitrogens is 2. The summed E-state index contributed by atoms with van der Waals surface area (Å²) in [5.41, 5.74) is 7.75. The number of nitrogens with one attached hydrogen (secondary N) is 1. The summed E-state index contributed by atoms with van der Waals surface area (Å²) >= 11 is 0. The number of fused-ring (bicyclic) bond motifs is 2. The molecule has 0 amide bonds. The van der Waals surface area contributed by atoms with Crippen molar-refractivity contribution in [3.63, 3.8) is 0 Å². The first-order chi connectivity index (χ1) is 9.81. The fraction of sp³-hybridized carbons (Fsp3) is 0.533. The van der Waals surface area contributed by atoms with E-state index in [-0.39, 0.29) is 5.92 Å². The van der Waals surface area contributed by atoms with Crippen molar-refractivity contribution in [2.45, 2.75) is 32.1 Å². The van der Waals surface area contributed by atoms with Gasteiger partial charge >= 0.3 is 0 Å². The number of rotatable bonds is 4. The first-order valence-electron chi connectivity index (χ1n) is 7.31. The van der Waals surface area contributed by atoms with E-state index in [1.54, 1.807) is 0 Å². The van der Waals surface area contributed by atoms with Crippen LogP contribution in [0.1, 0.15) is 37.9 Å². The highest BCUT2D eigenvalue weighted by Gasteiger charge is 2.17. The summed E-state index contributed by atoms with van der Waals surface area (Å²) in [6.45, 7) is 4.16. The van der Waals surface area contributed by atoms with Crippen LogP contribution in [0.25, 0.3) is 11.0 Å². The van der Waals surface area contributed by atoms with Gasteiger partial charge in [0.15, 0.2) is 11.5 Å². The number of hydrogen-bond acceptors (Lipinski definition) is 4. The highest BCUT2D eigenvalue weighted by molar-refractivity contribution is 5.80. The van der Waals surface area contributed by atoms with Crippen LogP contribution in [0.2, 0.25) is 0 Å². The molecule has 0 radical (unpaired) electrons. The molecule has 0 saturated carbocycles. The topological polar surface area (TPSA) is 73.2 Å². The van der Waals surface area contributed by atoms with Gasteiger partial charge in [-0.2, -0.15) is 0 Å². The fourth-order valence-electron chi connectivity index (χ4n) is 2.59. The molecule has 2 heterocycles. The summed E-state index contributed by atoms with van der Waals surface area (Å²) in [5.74, 6) is 2.83. The normalized spacial score (nSPS) is 16.1. The molecule has 3 rings (SSSR count). The Kier molecular flexibility index (Phi) is 3.78. The maximum atomic E-state index is 5.85.